The minimum atomic E-state index is 0.549. The summed E-state index contributed by atoms with van der Waals surface area (Å²) >= 11 is 0. The van der Waals surface area contributed by atoms with Crippen molar-refractivity contribution >= 4 is 0 Å². The topological polar surface area (TPSA) is 0 Å². The third-order valence-electron chi connectivity index (χ3n) is 8.85. The molecule has 0 nitrogen and oxygen atoms in total. The molecule has 3 rings (SSSR count). The minimum absolute atomic E-state index is 0.549. The Morgan fingerprint density at radius 1 is 0.850 bits per heavy atom. The lowest BCUT2D eigenvalue weighted by Gasteiger charge is -2.52. The number of rotatable bonds is 3. The van der Waals surface area contributed by atoms with Crippen molar-refractivity contribution in [2.45, 2.75) is 74.1 Å². The van der Waals surface area contributed by atoms with Crippen LogP contribution in [0.3, 0.4) is 0 Å². The summed E-state index contributed by atoms with van der Waals surface area (Å²) in [5.41, 5.74) is 1.10. The summed E-state index contributed by atoms with van der Waals surface area (Å²) in [5, 5.41) is 0. The zero-order chi connectivity index (χ0) is 14.9. The molecule has 3 aliphatic rings. The van der Waals surface area contributed by atoms with E-state index in [2.05, 4.69) is 48.5 Å². The fourth-order valence-corrected chi connectivity index (χ4v) is 7.14. The first-order valence-corrected chi connectivity index (χ1v) is 9.27. The normalized spacial score (nSPS) is 48.0. The van der Waals surface area contributed by atoms with Crippen molar-refractivity contribution in [2.24, 2.45) is 52.3 Å². The summed E-state index contributed by atoms with van der Waals surface area (Å²) in [6, 6.07) is 0. The smallest absolute Gasteiger partial charge is 0.0269 e. The molecule has 3 fully saturated rings. The van der Waals surface area contributed by atoms with E-state index in [-0.39, 0.29) is 0 Å². The fraction of sp³-hybridized carbons (Fsp3) is 1.00. The second kappa shape index (κ2) is 4.50. The van der Waals surface area contributed by atoms with E-state index in [4.69, 9.17) is 0 Å². The van der Waals surface area contributed by atoms with Crippen LogP contribution in [0, 0.1) is 52.3 Å². The molecule has 0 heteroatoms. The number of fused-ring (bicyclic) bond motifs is 5. The van der Waals surface area contributed by atoms with Crippen molar-refractivity contribution in [3.63, 3.8) is 0 Å². The van der Waals surface area contributed by atoms with Crippen LogP contribution in [0.2, 0.25) is 0 Å². The molecule has 0 aliphatic heterocycles. The van der Waals surface area contributed by atoms with Gasteiger partial charge in [-0.2, -0.15) is 0 Å². The SMILES string of the molecule is CCC(CC)C1CC(C)C2C1C1CC2C(C)(C)C1(C)C. The first kappa shape index (κ1) is 14.9. The lowest BCUT2D eigenvalue weighted by molar-refractivity contribution is -0.0443. The third-order valence-corrected chi connectivity index (χ3v) is 8.85. The van der Waals surface area contributed by atoms with Crippen LogP contribution >= 0.6 is 0 Å². The molecule has 0 amide bonds. The van der Waals surface area contributed by atoms with Gasteiger partial charge in [0.05, 0.1) is 0 Å². The molecule has 0 N–H and O–H groups in total. The molecule has 0 radical (unpaired) electrons. The van der Waals surface area contributed by atoms with Crippen LogP contribution in [0.5, 0.6) is 0 Å². The van der Waals surface area contributed by atoms with E-state index in [0.717, 1.165) is 41.4 Å². The third kappa shape index (κ3) is 1.60. The van der Waals surface area contributed by atoms with Gasteiger partial charge in [0, 0.05) is 0 Å². The minimum Gasteiger partial charge on any atom is -0.0651 e. The predicted molar refractivity (Wildman–Crippen MR) is 87.5 cm³/mol. The van der Waals surface area contributed by atoms with Gasteiger partial charge in [-0.05, 0) is 65.1 Å². The van der Waals surface area contributed by atoms with Gasteiger partial charge in [0.15, 0.2) is 0 Å². The molecule has 3 aliphatic carbocycles. The molecule has 0 saturated heterocycles. The largest absolute Gasteiger partial charge is 0.0651 e. The summed E-state index contributed by atoms with van der Waals surface area (Å²) in [4.78, 5) is 0. The van der Waals surface area contributed by atoms with Gasteiger partial charge in [-0.15, -0.1) is 0 Å². The quantitative estimate of drug-likeness (QED) is 0.592. The van der Waals surface area contributed by atoms with Crippen LogP contribution < -0.4 is 0 Å². The van der Waals surface area contributed by atoms with Crippen LogP contribution in [-0.2, 0) is 0 Å². The van der Waals surface area contributed by atoms with E-state index < -0.39 is 0 Å². The Balaban J connectivity index is 1.95. The highest BCUT2D eigenvalue weighted by Gasteiger charge is 2.69. The van der Waals surface area contributed by atoms with E-state index in [9.17, 15) is 0 Å². The summed E-state index contributed by atoms with van der Waals surface area (Å²) in [7, 11) is 0. The van der Waals surface area contributed by atoms with Gasteiger partial charge in [0.25, 0.3) is 0 Å². The molecular weight excluding hydrogens is 240 g/mol. The highest BCUT2D eigenvalue weighted by molar-refractivity contribution is 5.17. The second-order valence-corrected chi connectivity index (χ2v) is 9.50. The molecular formula is C20H36. The first-order chi connectivity index (χ1) is 9.27. The van der Waals surface area contributed by atoms with Gasteiger partial charge in [-0.1, -0.05) is 61.3 Å². The molecule has 20 heavy (non-hydrogen) atoms. The lowest BCUT2D eigenvalue weighted by atomic mass is 9.52. The Kier molecular flexibility index (Phi) is 3.35. The maximum atomic E-state index is 2.58. The van der Waals surface area contributed by atoms with Gasteiger partial charge in [-0.3, -0.25) is 0 Å². The predicted octanol–water partition coefficient (Wildman–Crippen LogP) is 6.01. The maximum absolute atomic E-state index is 2.58. The Morgan fingerprint density at radius 3 is 1.85 bits per heavy atom. The molecule has 0 aromatic rings. The Hall–Kier alpha value is 0. The fourth-order valence-electron chi connectivity index (χ4n) is 7.14. The van der Waals surface area contributed by atoms with E-state index in [1.54, 1.807) is 0 Å². The average Bonchev–Trinajstić information content (AvgIpc) is 2.95. The second-order valence-electron chi connectivity index (χ2n) is 9.50. The summed E-state index contributed by atoms with van der Waals surface area (Å²) in [6.45, 7) is 17.7. The van der Waals surface area contributed by atoms with Gasteiger partial charge < -0.3 is 0 Å². The van der Waals surface area contributed by atoms with Crippen molar-refractivity contribution in [1.29, 1.82) is 0 Å². The molecule has 0 spiro atoms. The van der Waals surface area contributed by atoms with E-state index in [1.165, 1.54) is 25.7 Å². The van der Waals surface area contributed by atoms with Crippen molar-refractivity contribution in [3.8, 4) is 0 Å². The molecule has 0 aromatic heterocycles. The zero-order valence-electron chi connectivity index (χ0n) is 14.9. The molecule has 3 saturated carbocycles. The van der Waals surface area contributed by atoms with E-state index >= 15 is 0 Å². The Labute approximate surface area is 127 Å². The van der Waals surface area contributed by atoms with Crippen molar-refractivity contribution in [3.05, 3.63) is 0 Å². The molecule has 2 bridgehead atoms. The molecule has 116 valence electrons. The molecule has 6 atom stereocenters. The molecule has 6 unspecified atom stereocenters. The highest BCUT2D eigenvalue weighted by Crippen LogP contribution is 2.75. The molecule has 0 heterocycles. The van der Waals surface area contributed by atoms with Crippen LogP contribution in [0.15, 0.2) is 0 Å². The maximum Gasteiger partial charge on any atom is -0.0269 e. The van der Waals surface area contributed by atoms with Crippen molar-refractivity contribution < 1.29 is 0 Å². The summed E-state index contributed by atoms with van der Waals surface area (Å²) in [6.07, 6.45) is 5.87. The standard InChI is InChI=1S/C20H36/c1-8-13(9-2)14-10-12(3)17-15-11-16(18(14)17)20(6,7)19(15,4)5/h12-18H,8-11H2,1-7H3. The summed E-state index contributed by atoms with van der Waals surface area (Å²) < 4.78 is 0. The highest BCUT2D eigenvalue weighted by atomic mass is 14.7. The Morgan fingerprint density at radius 2 is 1.35 bits per heavy atom. The van der Waals surface area contributed by atoms with Crippen molar-refractivity contribution in [1.82, 2.24) is 0 Å². The van der Waals surface area contributed by atoms with Crippen LogP contribution in [0.4, 0.5) is 0 Å². The van der Waals surface area contributed by atoms with E-state index in [1.807, 2.05) is 0 Å². The van der Waals surface area contributed by atoms with Gasteiger partial charge >= 0.3 is 0 Å². The number of hydrogen-bond donors (Lipinski definition) is 0. The monoisotopic (exact) mass is 276 g/mol. The van der Waals surface area contributed by atoms with Crippen LogP contribution in [-0.4, -0.2) is 0 Å². The van der Waals surface area contributed by atoms with Gasteiger partial charge in [0.2, 0.25) is 0 Å². The zero-order valence-corrected chi connectivity index (χ0v) is 14.9. The molecule has 0 aromatic carbocycles. The van der Waals surface area contributed by atoms with Crippen molar-refractivity contribution in [2.75, 3.05) is 0 Å². The van der Waals surface area contributed by atoms with Crippen LogP contribution in [0.25, 0.3) is 0 Å². The Bertz CT molecular complexity index is 373. The van der Waals surface area contributed by atoms with E-state index in [0.29, 0.717) is 10.8 Å². The summed E-state index contributed by atoms with van der Waals surface area (Å²) in [5.74, 6) is 7.12. The average molecular weight is 277 g/mol. The van der Waals surface area contributed by atoms with Gasteiger partial charge in [0.1, 0.15) is 0 Å². The van der Waals surface area contributed by atoms with Crippen LogP contribution in [0.1, 0.15) is 74.1 Å². The lowest BCUT2D eigenvalue weighted by Crippen LogP contribution is -2.47. The number of hydrogen-bond acceptors (Lipinski definition) is 0. The first-order valence-electron chi connectivity index (χ1n) is 9.27. The van der Waals surface area contributed by atoms with Gasteiger partial charge in [-0.25, -0.2) is 0 Å².